The highest BCUT2D eigenvalue weighted by Gasteiger charge is 2.28. The number of carbonyl (C=O) groups excluding carboxylic acids is 1. The van der Waals surface area contributed by atoms with Crippen LogP contribution in [0.25, 0.3) is 0 Å². The molecule has 0 saturated heterocycles. The number of carboxylic acids is 1. The molecule has 1 aliphatic rings. The van der Waals surface area contributed by atoms with E-state index in [0.717, 1.165) is 29.7 Å². The third-order valence-electron chi connectivity index (χ3n) is 4.07. The van der Waals surface area contributed by atoms with Gasteiger partial charge in [-0.25, -0.2) is 4.79 Å². The summed E-state index contributed by atoms with van der Waals surface area (Å²) in [6.45, 7) is 2.16. The van der Waals surface area contributed by atoms with Crippen molar-refractivity contribution in [2.45, 2.75) is 26.2 Å². The smallest absolute Gasteiger partial charge is 0.339 e. The number of halogens is 1. The third kappa shape index (κ3) is 3.12. The van der Waals surface area contributed by atoms with Crippen LogP contribution in [0, 0.1) is 5.92 Å². The van der Waals surface area contributed by atoms with Crippen LogP contribution in [0.1, 0.15) is 44.5 Å². The molecule has 0 spiro atoms. The lowest BCUT2D eigenvalue weighted by molar-refractivity contribution is 0.0697. The summed E-state index contributed by atoms with van der Waals surface area (Å²) >= 11 is 7.40. The number of carbonyl (C=O) groups is 2. The Labute approximate surface area is 143 Å². The fraction of sp³-hybridized carbons (Fsp3) is 0.294. The number of hydrogen-bond donors (Lipinski definition) is 2. The predicted molar refractivity (Wildman–Crippen MR) is 91.9 cm³/mol. The number of hydrogen-bond acceptors (Lipinski definition) is 3. The van der Waals surface area contributed by atoms with Gasteiger partial charge in [0.1, 0.15) is 5.00 Å². The molecule has 6 heteroatoms. The van der Waals surface area contributed by atoms with Gasteiger partial charge in [-0.1, -0.05) is 30.7 Å². The fourth-order valence-corrected chi connectivity index (χ4v) is 4.50. The van der Waals surface area contributed by atoms with Crippen LogP contribution < -0.4 is 5.32 Å². The SMILES string of the molecule is CC1CCc2c(sc(NC(=O)c3ccccc3Cl)c2C(=O)O)C1. The zero-order chi connectivity index (χ0) is 16.6. The van der Waals surface area contributed by atoms with E-state index in [2.05, 4.69) is 12.2 Å². The summed E-state index contributed by atoms with van der Waals surface area (Å²) in [4.78, 5) is 25.1. The largest absolute Gasteiger partial charge is 0.478 e. The first-order valence-corrected chi connectivity index (χ1v) is 8.60. The van der Waals surface area contributed by atoms with Gasteiger partial charge in [-0.3, -0.25) is 4.79 Å². The van der Waals surface area contributed by atoms with Crippen LogP contribution in [-0.4, -0.2) is 17.0 Å². The molecule has 0 fully saturated rings. The average molecular weight is 350 g/mol. The summed E-state index contributed by atoms with van der Waals surface area (Å²) in [7, 11) is 0. The van der Waals surface area contributed by atoms with E-state index in [1.54, 1.807) is 24.3 Å². The van der Waals surface area contributed by atoms with Crippen molar-refractivity contribution in [2.75, 3.05) is 5.32 Å². The van der Waals surface area contributed by atoms with Gasteiger partial charge in [-0.2, -0.15) is 0 Å². The second kappa shape index (κ2) is 6.34. The first-order valence-electron chi connectivity index (χ1n) is 7.41. The highest BCUT2D eigenvalue weighted by Crippen LogP contribution is 2.39. The number of benzene rings is 1. The Morgan fingerprint density at radius 3 is 2.78 bits per heavy atom. The molecule has 3 rings (SSSR count). The number of carboxylic acid groups (broad SMARTS) is 1. The lowest BCUT2D eigenvalue weighted by Crippen LogP contribution is -2.15. The first-order chi connectivity index (χ1) is 11.0. The molecule has 1 unspecified atom stereocenters. The molecule has 1 heterocycles. The molecule has 4 nitrogen and oxygen atoms in total. The lowest BCUT2D eigenvalue weighted by Gasteiger charge is -2.17. The first kappa shape index (κ1) is 16.0. The molecule has 1 amide bonds. The molecule has 1 atom stereocenters. The van der Waals surface area contributed by atoms with E-state index in [0.29, 0.717) is 21.5 Å². The third-order valence-corrected chi connectivity index (χ3v) is 5.57. The summed E-state index contributed by atoms with van der Waals surface area (Å²) in [5, 5.41) is 13.0. The van der Waals surface area contributed by atoms with Crippen molar-refractivity contribution in [1.82, 2.24) is 0 Å². The average Bonchev–Trinajstić information content (AvgIpc) is 2.84. The van der Waals surface area contributed by atoms with Crippen LogP contribution in [0.4, 0.5) is 5.00 Å². The fourth-order valence-electron chi connectivity index (χ4n) is 2.88. The van der Waals surface area contributed by atoms with Gasteiger partial charge in [-0.05, 0) is 42.9 Å². The Morgan fingerprint density at radius 1 is 1.35 bits per heavy atom. The standard InChI is InChI=1S/C17H16ClNO3S/c1-9-6-7-11-13(8-9)23-16(14(11)17(21)22)19-15(20)10-4-2-3-5-12(10)18/h2-5,9H,6-8H2,1H3,(H,19,20)(H,21,22). The Hall–Kier alpha value is -1.85. The number of rotatable bonds is 3. The Bertz CT molecular complexity index is 784. The van der Waals surface area contributed by atoms with Gasteiger partial charge < -0.3 is 10.4 Å². The van der Waals surface area contributed by atoms with E-state index < -0.39 is 5.97 Å². The van der Waals surface area contributed by atoms with Gasteiger partial charge in [0.2, 0.25) is 0 Å². The molecule has 1 aromatic heterocycles. The minimum absolute atomic E-state index is 0.234. The number of amides is 1. The molecular weight excluding hydrogens is 334 g/mol. The molecule has 120 valence electrons. The van der Waals surface area contributed by atoms with Gasteiger partial charge in [0.15, 0.2) is 0 Å². The van der Waals surface area contributed by atoms with Crippen molar-refractivity contribution in [3.63, 3.8) is 0 Å². The summed E-state index contributed by atoms with van der Waals surface area (Å²) in [6.07, 6.45) is 2.58. The van der Waals surface area contributed by atoms with E-state index in [9.17, 15) is 14.7 Å². The molecule has 2 N–H and O–H groups in total. The molecule has 23 heavy (non-hydrogen) atoms. The van der Waals surface area contributed by atoms with Crippen LogP contribution in [0.15, 0.2) is 24.3 Å². The van der Waals surface area contributed by atoms with E-state index in [1.807, 2.05) is 0 Å². The summed E-state index contributed by atoms with van der Waals surface area (Å²) in [6, 6.07) is 6.72. The maximum atomic E-state index is 12.4. The minimum atomic E-state index is -0.994. The van der Waals surface area contributed by atoms with Gasteiger partial charge in [0.05, 0.1) is 16.1 Å². The van der Waals surface area contributed by atoms with Crippen molar-refractivity contribution >= 4 is 39.8 Å². The van der Waals surface area contributed by atoms with Crippen LogP contribution in [0.5, 0.6) is 0 Å². The molecule has 2 aromatic rings. The maximum Gasteiger partial charge on any atom is 0.339 e. The predicted octanol–water partition coefficient (Wildman–Crippen LogP) is 4.48. The van der Waals surface area contributed by atoms with E-state index >= 15 is 0 Å². The zero-order valence-corrected chi connectivity index (χ0v) is 14.1. The highest BCUT2D eigenvalue weighted by molar-refractivity contribution is 7.17. The molecular formula is C17H16ClNO3S. The van der Waals surface area contributed by atoms with Crippen molar-refractivity contribution in [2.24, 2.45) is 5.92 Å². The zero-order valence-electron chi connectivity index (χ0n) is 12.6. The molecule has 0 saturated carbocycles. The van der Waals surface area contributed by atoms with Crippen molar-refractivity contribution in [3.05, 3.63) is 50.9 Å². The topological polar surface area (TPSA) is 66.4 Å². The second-order valence-corrected chi connectivity index (χ2v) is 7.31. The maximum absolute atomic E-state index is 12.4. The summed E-state index contributed by atoms with van der Waals surface area (Å²) in [5.41, 5.74) is 1.44. The lowest BCUT2D eigenvalue weighted by atomic mass is 9.88. The van der Waals surface area contributed by atoms with Crippen molar-refractivity contribution < 1.29 is 14.7 Å². The summed E-state index contributed by atoms with van der Waals surface area (Å²) in [5.74, 6) is -0.842. The quantitative estimate of drug-likeness (QED) is 0.858. The molecule has 1 aromatic carbocycles. The Morgan fingerprint density at radius 2 is 2.09 bits per heavy atom. The van der Waals surface area contributed by atoms with Crippen LogP contribution >= 0.6 is 22.9 Å². The molecule has 0 bridgehead atoms. The summed E-state index contributed by atoms with van der Waals surface area (Å²) < 4.78 is 0. The van der Waals surface area contributed by atoms with Gasteiger partial charge in [0, 0.05) is 4.88 Å². The van der Waals surface area contributed by atoms with E-state index in [1.165, 1.54) is 11.3 Å². The Kier molecular flexibility index (Phi) is 4.41. The molecule has 0 radical (unpaired) electrons. The molecule has 1 aliphatic carbocycles. The van der Waals surface area contributed by atoms with Crippen molar-refractivity contribution in [3.8, 4) is 0 Å². The van der Waals surface area contributed by atoms with Crippen LogP contribution in [-0.2, 0) is 12.8 Å². The number of aromatic carboxylic acids is 1. The highest BCUT2D eigenvalue weighted by atomic mass is 35.5. The van der Waals surface area contributed by atoms with Crippen LogP contribution in [0.3, 0.4) is 0 Å². The van der Waals surface area contributed by atoms with Gasteiger partial charge >= 0.3 is 5.97 Å². The number of fused-ring (bicyclic) bond motifs is 1. The molecule has 0 aliphatic heterocycles. The second-order valence-electron chi connectivity index (χ2n) is 5.80. The number of anilines is 1. The Balaban J connectivity index is 1.96. The van der Waals surface area contributed by atoms with Gasteiger partial charge in [-0.15, -0.1) is 11.3 Å². The van der Waals surface area contributed by atoms with Crippen molar-refractivity contribution in [1.29, 1.82) is 0 Å². The van der Waals surface area contributed by atoms with Crippen LogP contribution in [0.2, 0.25) is 5.02 Å². The normalized spacial score (nSPS) is 16.7. The monoisotopic (exact) mass is 349 g/mol. The number of nitrogens with one attached hydrogen (secondary N) is 1. The minimum Gasteiger partial charge on any atom is -0.478 e. The van der Waals surface area contributed by atoms with E-state index in [-0.39, 0.29) is 11.5 Å². The number of thiophene rings is 1. The van der Waals surface area contributed by atoms with E-state index in [4.69, 9.17) is 11.6 Å². The van der Waals surface area contributed by atoms with Gasteiger partial charge in [0.25, 0.3) is 5.91 Å².